The topological polar surface area (TPSA) is 58.6 Å². The summed E-state index contributed by atoms with van der Waals surface area (Å²) in [6.45, 7) is 2.53. The van der Waals surface area contributed by atoms with Gasteiger partial charge in [-0.15, -0.1) is 0 Å². The van der Waals surface area contributed by atoms with Crippen LogP contribution in [0.25, 0.3) is 0 Å². The quantitative estimate of drug-likeness (QED) is 0.646. The molecular formula is C17H27NO3. The molecule has 0 radical (unpaired) electrons. The first-order chi connectivity index (χ1) is 10.2. The second kappa shape index (κ2) is 10.1. The van der Waals surface area contributed by atoms with Gasteiger partial charge in [0.05, 0.1) is 7.11 Å². The monoisotopic (exact) mass is 293 g/mol. The predicted octanol–water partition coefficient (Wildman–Crippen LogP) is 3.77. The number of carbonyl (C=O) groups excluding carboxylic acids is 1. The summed E-state index contributed by atoms with van der Waals surface area (Å²) in [6.07, 6.45) is 7.58. The molecule has 4 heteroatoms. The molecule has 1 rings (SSSR count). The number of benzene rings is 1. The van der Waals surface area contributed by atoms with E-state index < -0.39 is 0 Å². The minimum Gasteiger partial charge on any atom is -0.504 e. The van der Waals surface area contributed by atoms with Crippen LogP contribution < -0.4 is 10.1 Å². The summed E-state index contributed by atoms with van der Waals surface area (Å²) in [6, 6.07) is 5.27. The number of hydrogen-bond donors (Lipinski definition) is 2. The van der Waals surface area contributed by atoms with Crippen LogP contribution in [0.1, 0.15) is 57.4 Å². The maximum atomic E-state index is 11.7. The number of methoxy groups -OCH3 is 1. The van der Waals surface area contributed by atoms with E-state index in [1.165, 1.54) is 32.8 Å². The molecule has 0 aromatic heterocycles. The van der Waals surface area contributed by atoms with Crippen molar-refractivity contribution in [1.29, 1.82) is 0 Å². The number of para-hydroxylation sites is 1. The lowest BCUT2D eigenvalue weighted by Crippen LogP contribution is -2.22. The number of amides is 1. The Hall–Kier alpha value is -1.71. The number of nitrogens with one attached hydrogen (secondary N) is 1. The van der Waals surface area contributed by atoms with Gasteiger partial charge in [-0.05, 0) is 12.5 Å². The average Bonchev–Trinajstić information content (AvgIpc) is 2.49. The highest BCUT2D eigenvalue weighted by Gasteiger charge is 2.08. The summed E-state index contributed by atoms with van der Waals surface area (Å²) < 4.78 is 5.04. The molecule has 21 heavy (non-hydrogen) atoms. The van der Waals surface area contributed by atoms with Crippen molar-refractivity contribution in [3.63, 3.8) is 0 Å². The van der Waals surface area contributed by atoms with Gasteiger partial charge in [-0.25, -0.2) is 0 Å². The van der Waals surface area contributed by atoms with E-state index in [1.54, 1.807) is 18.2 Å². The average molecular weight is 293 g/mol. The Kier molecular flexibility index (Phi) is 8.32. The van der Waals surface area contributed by atoms with Crippen molar-refractivity contribution in [1.82, 2.24) is 5.32 Å². The molecule has 1 aromatic rings. The largest absolute Gasteiger partial charge is 0.504 e. The van der Waals surface area contributed by atoms with Crippen LogP contribution in [0, 0.1) is 0 Å². The zero-order chi connectivity index (χ0) is 15.5. The van der Waals surface area contributed by atoms with Crippen molar-refractivity contribution in [2.24, 2.45) is 0 Å². The highest BCUT2D eigenvalue weighted by molar-refractivity contribution is 5.75. The van der Waals surface area contributed by atoms with E-state index in [1.807, 2.05) is 0 Å². The SMILES string of the molecule is CCCCCCCCC(=O)NCc1cccc(OC)c1O. The molecule has 0 saturated heterocycles. The van der Waals surface area contributed by atoms with E-state index in [4.69, 9.17) is 4.74 Å². The van der Waals surface area contributed by atoms with Crippen LogP contribution in [-0.2, 0) is 11.3 Å². The zero-order valence-corrected chi connectivity index (χ0v) is 13.2. The van der Waals surface area contributed by atoms with Crippen molar-refractivity contribution in [3.05, 3.63) is 23.8 Å². The van der Waals surface area contributed by atoms with Gasteiger partial charge in [0.1, 0.15) is 0 Å². The third kappa shape index (κ3) is 6.52. The molecule has 118 valence electrons. The molecular weight excluding hydrogens is 266 g/mol. The van der Waals surface area contributed by atoms with Gasteiger partial charge in [0.15, 0.2) is 11.5 Å². The lowest BCUT2D eigenvalue weighted by molar-refractivity contribution is -0.121. The van der Waals surface area contributed by atoms with Crippen molar-refractivity contribution >= 4 is 5.91 Å². The van der Waals surface area contributed by atoms with Gasteiger partial charge < -0.3 is 15.2 Å². The van der Waals surface area contributed by atoms with Crippen LogP contribution in [-0.4, -0.2) is 18.1 Å². The molecule has 1 amide bonds. The summed E-state index contributed by atoms with van der Waals surface area (Å²) in [4.78, 5) is 11.7. The number of phenolic OH excluding ortho intramolecular Hbond substituents is 1. The molecule has 0 bridgehead atoms. The Labute approximate surface area is 127 Å². The van der Waals surface area contributed by atoms with E-state index in [-0.39, 0.29) is 11.7 Å². The van der Waals surface area contributed by atoms with Gasteiger partial charge in [-0.1, -0.05) is 51.2 Å². The Morgan fingerprint density at radius 2 is 1.90 bits per heavy atom. The van der Waals surface area contributed by atoms with Crippen LogP contribution >= 0.6 is 0 Å². The van der Waals surface area contributed by atoms with Gasteiger partial charge in [-0.3, -0.25) is 4.79 Å². The van der Waals surface area contributed by atoms with Gasteiger partial charge >= 0.3 is 0 Å². The predicted molar refractivity (Wildman–Crippen MR) is 84.5 cm³/mol. The first-order valence-electron chi connectivity index (χ1n) is 7.80. The van der Waals surface area contributed by atoms with E-state index in [0.717, 1.165) is 12.8 Å². The summed E-state index contributed by atoms with van der Waals surface area (Å²) in [5.41, 5.74) is 0.672. The Morgan fingerprint density at radius 3 is 2.62 bits per heavy atom. The standard InChI is InChI=1S/C17H27NO3/c1-3-4-5-6-7-8-12-16(19)18-13-14-10-9-11-15(21-2)17(14)20/h9-11,20H,3-8,12-13H2,1-2H3,(H,18,19). The molecule has 0 unspecified atom stereocenters. The fourth-order valence-electron chi connectivity index (χ4n) is 2.22. The van der Waals surface area contributed by atoms with E-state index in [2.05, 4.69) is 12.2 Å². The summed E-state index contributed by atoms with van der Waals surface area (Å²) in [5, 5.41) is 12.8. The number of rotatable bonds is 10. The number of carbonyl (C=O) groups is 1. The highest BCUT2D eigenvalue weighted by Crippen LogP contribution is 2.29. The summed E-state index contributed by atoms with van der Waals surface area (Å²) in [7, 11) is 1.51. The second-order valence-corrected chi connectivity index (χ2v) is 5.26. The van der Waals surface area contributed by atoms with Crippen molar-refractivity contribution in [2.45, 2.75) is 58.4 Å². The fourth-order valence-corrected chi connectivity index (χ4v) is 2.22. The summed E-state index contributed by atoms with van der Waals surface area (Å²) in [5.74, 6) is 0.560. The molecule has 0 saturated carbocycles. The number of aromatic hydroxyl groups is 1. The van der Waals surface area contributed by atoms with Crippen LogP contribution in [0.2, 0.25) is 0 Å². The van der Waals surface area contributed by atoms with Gasteiger partial charge in [0.2, 0.25) is 5.91 Å². The van der Waals surface area contributed by atoms with Crippen LogP contribution in [0.4, 0.5) is 0 Å². The van der Waals surface area contributed by atoms with E-state index in [0.29, 0.717) is 24.3 Å². The van der Waals surface area contributed by atoms with Crippen LogP contribution in [0.5, 0.6) is 11.5 Å². The van der Waals surface area contributed by atoms with Crippen molar-refractivity contribution in [2.75, 3.05) is 7.11 Å². The maximum Gasteiger partial charge on any atom is 0.220 e. The maximum absolute atomic E-state index is 11.7. The number of ether oxygens (including phenoxy) is 1. The molecule has 0 fully saturated rings. The molecule has 4 nitrogen and oxygen atoms in total. The minimum atomic E-state index is 0.0349. The molecule has 0 atom stereocenters. The third-order valence-electron chi connectivity index (χ3n) is 3.54. The number of phenols is 1. The van der Waals surface area contributed by atoms with Gasteiger partial charge in [0, 0.05) is 18.5 Å². The van der Waals surface area contributed by atoms with Crippen molar-refractivity contribution < 1.29 is 14.6 Å². The molecule has 0 aliphatic rings. The molecule has 2 N–H and O–H groups in total. The Morgan fingerprint density at radius 1 is 1.19 bits per heavy atom. The zero-order valence-electron chi connectivity index (χ0n) is 13.2. The third-order valence-corrected chi connectivity index (χ3v) is 3.54. The normalized spacial score (nSPS) is 10.4. The lowest BCUT2D eigenvalue weighted by Gasteiger charge is -2.10. The first-order valence-corrected chi connectivity index (χ1v) is 7.80. The van der Waals surface area contributed by atoms with E-state index >= 15 is 0 Å². The first kappa shape index (κ1) is 17.3. The molecule has 0 spiro atoms. The van der Waals surface area contributed by atoms with Crippen LogP contribution in [0.3, 0.4) is 0 Å². The molecule has 0 heterocycles. The Bertz CT molecular complexity index is 432. The van der Waals surface area contributed by atoms with Gasteiger partial charge in [-0.2, -0.15) is 0 Å². The van der Waals surface area contributed by atoms with Crippen LogP contribution in [0.15, 0.2) is 18.2 Å². The Balaban J connectivity index is 2.24. The van der Waals surface area contributed by atoms with Crippen molar-refractivity contribution in [3.8, 4) is 11.5 Å². The lowest BCUT2D eigenvalue weighted by atomic mass is 10.1. The molecule has 0 aliphatic carbocycles. The number of unbranched alkanes of at least 4 members (excludes halogenated alkanes) is 5. The molecule has 0 aliphatic heterocycles. The highest BCUT2D eigenvalue weighted by atomic mass is 16.5. The molecule has 1 aromatic carbocycles. The number of hydrogen-bond acceptors (Lipinski definition) is 3. The van der Waals surface area contributed by atoms with Gasteiger partial charge in [0.25, 0.3) is 0 Å². The fraction of sp³-hybridized carbons (Fsp3) is 0.588. The smallest absolute Gasteiger partial charge is 0.220 e. The second-order valence-electron chi connectivity index (χ2n) is 5.26. The minimum absolute atomic E-state index is 0.0349. The van der Waals surface area contributed by atoms with E-state index in [9.17, 15) is 9.90 Å². The summed E-state index contributed by atoms with van der Waals surface area (Å²) >= 11 is 0.